The summed E-state index contributed by atoms with van der Waals surface area (Å²) in [5, 5.41) is 1.58. The molecule has 3 nitrogen and oxygen atoms in total. The molecule has 1 aliphatic rings. The zero-order chi connectivity index (χ0) is 19.3. The van der Waals surface area contributed by atoms with E-state index in [2.05, 4.69) is 38.1 Å². The smallest absolute Gasteiger partial charge is 0.267 e. The van der Waals surface area contributed by atoms with Gasteiger partial charge < -0.3 is 0 Å². The van der Waals surface area contributed by atoms with Gasteiger partial charge in [0.05, 0.1) is 11.1 Å². The molecular formula is C23H20N2OS2. The zero-order valence-electron chi connectivity index (χ0n) is 15.9. The molecule has 2 heterocycles. The van der Waals surface area contributed by atoms with E-state index < -0.39 is 0 Å². The lowest BCUT2D eigenvalue weighted by atomic mass is 9.90. The van der Waals surface area contributed by atoms with Gasteiger partial charge in [-0.05, 0) is 54.3 Å². The van der Waals surface area contributed by atoms with Crippen molar-refractivity contribution in [3.8, 4) is 16.1 Å². The Balaban J connectivity index is 1.82. The maximum atomic E-state index is 13.7. The van der Waals surface area contributed by atoms with Gasteiger partial charge in [0.15, 0.2) is 5.16 Å². The molecule has 0 radical (unpaired) electrons. The van der Waals surface area contributed by atoms with Crippen LogP contribution in [0.15, 0.2) is 58.5 Å². The number of aromatic nitrogens is 2. The summed E-state index contributed by atoms with van der Waals surface area (Å²) in [5.74, 6) is 0.873. The van der Waals surface area contributed by atoms with Crippen molar-refractivity contribution in [2.45, 2.75) is 31.8 Å². The van der Waals surface area contributed by atoms with Gasteiger partial charge in [-0.25, -0.2) is 4.98 Å². The number of nitrogens with zero attached hydrogens (tertiary/aromatic N) is 2. The second-order valence-corrected chi connectivity index (χ2v) is 9.28. The Kier molecular flexibility index (Phi) is 4.37. The van der Waals surface area contributed by atoms with Crippen LogP contribution in [-0.4, -0.2) is 15.3 Å². The van der Waals surface area contributed by atoms with E-state index in [9.17, 15) is 4.79 Å². The predicted octanol–water partition coefficient (Wildman–Crippen LogP) is 5.63. The first-order valence-corrected chi connectivity index (χ1v) is 11.3. The average Bonchev–Trinajstić information content (AvgIpc) is 3.09. The van der Waals surface area contributed by atoms with Crippen molar-refractivity contribution in [1.82, 2.24) is 9.55 Å². The van der Waals surface area contributed by atoms with Gasteiger partial charge in [-0.15, -0.1) is 11.3 Å². The lowest BCUT2D eigenvalue weighted by Gasteiger charge is -2.16. The molecule has 0 N–H and O–H groups in total. The fourth-order valence-electron chi connectivity index (χ4n) is 3.91. The number of thiophene rings is 1. The average molecular weight is 405 g/mol. The first-order chi connectivity index (χ1) is 13.7. The van der Waals surface area contributed by atoms with Gasteiger partial charge in [-0.3, -0.25) is 9.36 Å². The van der Waals surface area contributed by atoms with E-state index in [-0.39, 0.29) is 5.56 Å². The predicted molar refractivity (Wildman–Crippen MR) is 119 cm³/mol. The van der Waals surface area contributed by atoms with Crippen LogP contribution in [0, 0.1) is 6.92 Å². The highest BCUT2D eigenvalue weighted by atomic mass is 32.2. The van der Waals surface area contributed by atoms with Gasteiger partial charge in [0, 0.05) is 4.88 Å². The molecule has 0 unspecified atom stereocenters. The Bertz CT molecular complexity index is 1250. The normalized spacial score (nSPS) is 12.8. The second-order valence-electron chi connectivity index (χ2n) is 7.05. The highest BCUT2D eigenvalue weighted by Gasteiger charge is 2.25. The topological polar surface area (TPSA) is 34.9 Å². The summed E-state index contributed by atoms with van der Waals surface area (Å²) in [6.45, 7) is 4.15. The third-order valence-corrected chi connectivity index (χ3v) is 7.25. The first kappa shape index (κ1) is 17.7. The van der Waals surface area contributed by atoms with E-state index in [4.69, 9.17) is 4.98 Å². The molecule has 5 rings (SSSR count). The molecule has 0 fully saturated rings. The summed E-state index contributed by atoms with van der Waals surface area (Å²) in [4.78, 5) is 20.7. The zero-order valence-corrected chi connectivity index (χ0v) is 17.5. The summed E-state index contributed by atoms with van der Waals surface area (Å²) >= 11 is 3.29. The lowest BCUT2D eigenvalue weighted by molar-refractivity contribution is 0.820. The van der Waals surface area contributed by atoms with Crippen molar-refractivity contribution in [3.63, 3.8) is 0 Å². The Morgan fingerprint density at radius 2 is 1.89 bits per heavy atom. The fourth-order valence-corrected chi connectivity index (χ4v) is 5.97. The summed E-state index contributed by atoms with van der Waals surface area (Å²) in [6, 6.07) is 16.7. The monoisotopic (exact) mass is 404 g/mol. The Morgan fingerprint density at radius 3 is 2.68 bits per heavy atom. The van der Waals surface area contributed by atoms with Crippen molar-refractivity contribution >= 4 is 33.3 Å². The van der Waals surface area contributed by atoms with Crippen LogP contribution in [0.5, 0.6) is 0 Å². The summed E-state index contributed by atoms with van der Waals surface area (Å²) in [7, 11) is 0. The molecule has 0 atom stereocenters. The number of fused-ring (bicyclic) bond motifs is 5. The number of hydrogen-bond donors (Lipinski definition) is 0. The van der Waals surface area contributed by atoms with Crippen molar-refractivity contribution in [1.29, 1.82) is 0 Å². The Hall–Kier alpha value is -2.37. The molecule has 0 saturated carbocycles. The minimum Gasteiger partial charge on any atom is -0.268 e. The summed E-state index contributed by atoms with van der Waals surface area (Å²) < 4.78 is 1.80. The van der Waals surface area contributed by atoms with E-state index in [1.165, 1.54) is 27.1 Å². The molecule has 28 heavy (non-hydrogen) atoms. The second kappa shape index (κ2) is 6.90. The van der Waals surface area contributed by atoms with Crippen LogP contribution >= 0.6 is 23.1 Å². The van der Waals surface area contributed by atoms with Crippen LogP contribution in [-0.2, 0) is 12.8 Å². The van der Waals surface area contributed by atoms with Crippen molar-refractivity contribution < 1.29 is 0 Å². The molecule has 0 aliphatic heterocycles. The van der Waals surface area contributed by atoms with Crippen LogP contribution in [0.1, 0.15) is 23.6 Å². The maximum Gasteiger partial charge on any atom is 0.267 e. The fraction of sp³-hybridized carbons (Fsp3) is 0.217. The van der Waals surface area contributed by atoms with Gasteiger partial charge in [-0.2, -0.15) is 0 Å². The van der Waals surface area contributed by atoms with E-state index in [1.54, 1.807) is 27.7 Å². The third-order valence-electron chi connectivity index (χ3n) is 5.27. The van der Waals surface area contributed by atoms with E-state index in [0.717, 1.165) is 39.7 Å². The Morgan fingerprint density at radius 1 is 1.11 bits per heavy atom. The van der Waals surface area contributed by atoms with Crippen LogP contribution in [0.4, 0.5) is 0 Å². The maximum absolute atomic E-state index is 13.7. The quantitative estimate of drug-likeness (QED) is 0.328. The minimum atomic E-state index is 0.0571. The molecular weight excluding hydrogens is 384 g/mol. The molecule has 5 heteroatoms. The number of aryl methyl sites for hydroxylation is 3. The van der Waals surface area contributed by atoms with E-state index in [0.29, 0.717) is 0 Å². The minimum absolute atomic E-state index is 0.0571. The van der Waals surface area contributed by atoms with Gasteiger partial charge in [-0.1, -0.05) is 60.6 Å². The van der Waals surface area contributed by atoms with Gasteiger partial charge in [0.2, 0.25) is 0 Å². The molecule has 0 spiro atoms. The van der Waals surface area contributed by atoms with Gasteiger partial charge in [0.25, 0.3) is 5.56 Å². The molecule has 1 aliphatic carbocycles. The highest BCUT2D eigenvalue weighted by molar-refractivity contribution is 7.99. The number of thioether (sulfide) groups is 1. The van der Waals surface area contributed by atoms with Crippen LogP contribution < -0.4 is 5.56 Å². The van der Waals surface area contributed by atoms with E-state index >= 15 is 0 Å². The molecule has 0 saturated heterocycles. The molecule has 0 amide bonds. The molecule has 0 bridgehead atoms. The number of benzene rings is 2. The largest absolute Gasteiger partial charge is 0.268 e. The summed E-state index contributed by atoms with van der Waals surface area (Å²) in [5.41, 5.74) is 5.92. The van der Waals surface area contributed by atoms with Gasteiger partial charge in [0.1, 0.15) is 4.83 Å². The molecule has 4 aromatic rings. The van der Waals surface area contributed by atoms with Crippen LogP contribution in [0.3, 0.4) is 0 Å². The van der Waals surface area contributed by atoms with Crippen LogP contribution in [0.2, 0.25) is 0 Å². The molecule has 140 valence electrons. The molecule has 2 aromatic heterocycles. The summed E-state index contributed by atoms with van der Waals surface area (Å²) in [6.07, 6.45) is 1.88. The number of rotatable bonds is 3. The van der Waals surface area contributed by atoms with Crippen molar-refractivity contribution in [2.24, 2.45) is 0 Å². The van der Waals surface area contributed by atoms with Crippen molar-refractivity contribution in [2.75, 3.05) is 5.75 Å². The third kappa shape index (κ3) is 2.73. The standard InChI is InChI=1S/C23H20N2OS2/c1-3-27-23-24-21-19(22(26)25(23)16-11-8-14(2)9-12-16)18-13-10-15-6-4-5-7-17(15)20(18)28-21/h4-9,11-12H,3,10,13H2,1-2H3. The number of hydrogen-bond acceptors (Lipinski definition) is 4. The van der Waals surface area contributed by atoms with Crippen molar-refractivity contribution in [3.05, 3.63) is 75.6 Å². The highest BCUT2D eigenvalue weighted by Crippen LogP contribution is 2.42. The lowest BCUT2D eigenvalue weighted by Crippen LogP contribution is -2.22. The first-order valence-electron chi connectivity index (χ1n) is 9.54. The Labute approximate surface area is 172 Å². The van der Waals surface area contributed by atoms with Gasteiger partial charge >= 0.3 is 0 Å². The SMILES string of the molecule is CCSc1nc2sc3c(c2c(=O)n1-c1ccc(C)cc1)CCc1ccccc1-3. The van der Waals surface area contributed by atoms with Crippen LogP contribution in [0.25, 0.3) is 26.3 Å². The molecule has 2 aromatic carbocycles. The van der Waals surface area contributed by atoms with E-state index in [1.807, 2.05) is 24.3 Å².